The molecule has 0 amide bonds. The van der Waals surface area contributed by atoms with Crippen LogP contribution in [0.3, 0.4) is 0 Å². The summed E-state index contributed by atoms with van der Waals surface area (Å²) in [6.07, 6.45) is 0. The molecule has 0 bridgehead atoms. The minimum absolute atomic E-state index is 0.918. The Kier molecular flexibility index (Phi) is 5.54. The monoisotopic (exact) mass is 561 g/mol. The molecule has 0 saturated carbocycles. The predicted octanol–water partition coefficient (Wildman–Crippen LogP) is 12.2. The van der Waals surface area contributed by atoms with Crippen molar-refractivity contribution < 1.29 is 4.42 Å². The van der Waals surface area contributed by atoms with Crippen LogP contribution in [0.5, 0.6) is 0 Å². The molecule has 0 unspecified atom stereocenters. The van der Waals surface area contributed by atoms with Crippen molar-refractivity contribution in [3.63, 3.8) is 0 Å². The number of anilines is 3. The van der Waals surface area contributed by atoms with Gasteiger partial charge in [-0.1, -0.05) is 115 Å². The van der Waals surface area contributed by atoms with Crippen LogP contribution >= 0.6 is 0 Å². The molecule has 0 radical (unpaired) electrons. The lowest BCUT2D eigenvalue weighted by atomic mass is 10.00. The van der Waals surface area contributed by atoms with Gasteiger partial charge in [0.15, 0.2) is 0 Å². The van der Waals surface area contributed by atoms with Crippen molar-refractivity contribution in [2.75, 3.05) is 4.90 Å². The van der Waals surface area contributed by atoms with Gasteiger partial charge in [-0.15, -0.1) is 0 Å². The second kappa shape index (κ2) is 9.86. The normalized spacial score (nSPS) is 11.6. The third kappa shape index (κ3) is 3.96. The van der Waals surface area contributed by atoms with Crippen molar-refractivity contribution in [1.82, 2.24) is 0 Å². The first-order chi connectivity index (χ1) is 21.8. The molecule has 0 aliphatic heterocycles. The van der Waals surface area contributed by atoms with E-state index in [1.54, 1.807) is 0 Å². The quantitative estimate of drug-likeness (QED) is 0.199. The summed E-state index contributed by atoms with van der Waals surface area (Å²) in [5, 5.41) is 9.71. The lowest BCUT2D eigenvalue weighted by molar-refractivity contribution is 0.669. The van der Waals surface area contributed by atoms with E-state index < -0.39 is 0 Å². The Morgan fingerprint density at radius 3 is 1.73 bits per heavy atom. The molecule has 0 saturated heterocycles. The van der Waals surface area contributed by atoms with E-state index >= 15 is 0 Å². The summed E-state index contributed by atoms with van der Waals surface area (Å²) in [6.45, 7) is 0. The fraction of sp³-hybridized carbons (Fsp3) is 0. The number of nitrogens with zero attached hydrogens (tertiary/aromatic N) is 1. The number of benzene rings is 8. The van der Waals surface area contributed by atoms with Crippen LogP contribution in [0, 0.1) is 0 Å². The number of para-hydroxylation sites is 1. The summed E-state index contributed by atoms with van der Waals surface area (Å²) in [4.78, 5) is 2.36. The van der Waals surface area contributed by atoms with Gasteiger partial charge in [-0.05, 0) is 92.0 Å². The Balaban J connectivity index is 1.23. The highest BCUT2D eigenvalue weighted by atomic mass is 16.3. The van der Waals surface area contributed by atoms with E-state index in [1.807, 2.05) is 12.1 Å². The summed E-state index contributed by atoms with van der Waals surface area (Å²) in [5.74, 6) is 0. The number of fused-ring (bicyclic) bond motifs is 8. The van der Waals surface area contributed by atoms with Gasteiger partial charge < -0.3 is 9.32 Å². The third-order valence-corrected chi connectivity index (χ3v) is 8.82. The van der Waals surface area contributed by atoms with Crippen LogP contribution < -0.4 is 4.90 Å². The molecular formula is C42H27NO. The largest absolute Gasteiger partial charge is 0.456 e. The first-order valence-corrected chi connectivity index (χ1v) is 15.0. The predicted molar refractivity (Wildman–Crippen MR) is 186 cm³/mol. The Bertz CT molecular complexity index is 2490. The zero-order chi connectivity index (χ0) is 29.0. The second-order valence-corrected chi connectivity index (χ2v) is 11.4. The van der Waals surface area contributed by atoms with Gasteiger partial charge in [0.25, 0.3) is 0 Å². The van der Waals surface area contributed by atoms with E-state index in [0.717, 1.165) is 33.6 Å². The van der Waals surface area contributed by atoms with Crippen molar-refractivity contribution in [3.8, 4) is 11.1 Å². The number of hydrogen-bond donors (Lipinski definition) is 0. The van der Waals surface area contributed by atoms with E-state index in [1.165, 1.54) is 48.8 Å². The Hall–Kier alpha value is -5.86. The Morgan fingerprint density at radius 1 is 0.341 bits per heavy atom. The van der Waals surface area contributed by atoms with Crippen molar-refractivity contribution >= 4 is 71.3 Å². The maximum Gasteiger partial charge on any atom is 0.136 e. The summed E-state index contributed by atoms with van der Waals surface area (Å²) >= 11 is 0. The lowest BCUT2D eigenvalue weighted by Gasteiger charge is -2.26. The van der Waals surface area contributed by atoms with Gasteiger partial charge >= 0.3 is 0 Å². The highest BCUT2D eigenvalue weighted by molar-refractivity contribution is 6.19. The van der Waals surface area contributed by atoms with Gasteiger partial charge in [0, 0.05) is 27.8 Å². The number of hydrogen-bond acceptors (Lipinski definition) is 2. The first kappa shape index (κ1) is 24.7. The SMILES string of the molecule is c1ccc(-c2ccc(N(c3ccc4c(ccc5ccccc54)c3)c3ccc4c(ccc5oc6ccccc6c54)c3)cc2)cc1. The van der Waals surface area contributed by atoms with Crippen LogP contribution in [0.25, 0.3) is 65.4 Å². The maximum atomic E-state index is 6.19. The topological polar surface area (TPSA) is 16.4 Å². The second-order valence-electron chi connectivity index (χ2n) is 11.4. The summed E-state index contributed by atoms with van der Waals surface area (Å²) < 4.78 is 6.19. The number of furan rings is 1. The van der Waals surface area contributed by atoms with Crippen LogP contribution in [0.1, 0.15) is 0 Å². The molecular weight excluding hydrogens is 534 g/mol. The van der Waals surface area contributed by atoms with Crippen molar-refractivity contribution in [2.45, 2.75) is 0 Å². The molecule has 0 fully saturated rings. The molecule has 9 aromatic rings. The van der Waals surface area contributed by atoms with Gasteiger partial charge in [0.05, 0.1) is 0 Å². The Labute approximate surface area is 255 Å². The highest BCUT2D eigenvalue weighted by Gasteiger charge is 2.16. The molecule has 0 aliphatic rings. The van der Waals surface area contributed by atoms with Gasteiger partial charge in [0.2, 0.25) is 0 Å². The number of rotatable bonds is 4. The molecule has 2 nitrogen and oxygen atoms in total. The van der Waals surface area contributed by atoms with E-state index in [4.69, 9.17) is 4.42 Å². The molecule has 8 aromatic carbocycles. The fourth-order valence-corrected chi connectivity index (χ4v) is 6.70. The van der Waals surface area contributed by atoms with Gasteiger partial charge in [0.1, 0.15) is 11.2 Å². The van der Waals surface area contributed by atoms with Crippen molar-refractivity contribution in [1.29, 1.82) is 0 Å². The average Bonchev–Trinajstić information content (AvgIpc) is 3.48. The lowest BCUT2D eigenvalue weighted by Crippen LogP contribution is -2.10. The highest BCUT2D eigenvalue weighted by Crippen LogP contribution is 2.41. The zero-order valence-electron chi connectivity index (χ0n) is 23.9. The zero-order valence-corrected chi connectivity index (χ0v) is 23.9. The van der Waals surface area contributed by atoms with E-state index in [0.29, 0.717) is 0 Å². The van der Waals surface area contributed by atoms with Gasteiger partial charge in [-0.25, -0.2) is 0 Å². The maximum absolute atomic E-state index is 6.19. The molecule has 206 valence electrons. The van der Waals surface area contributed by atoms with E-state index in [2.05, 4.69) is 157 Å². The van der Waals surface area contributed by atoms with Crippen LogP contribution in [0.4, 0.5) is 17.1 Å². The molecule has 0 atom stereocenters. The summed E-state index contributed by atoms with van der Waals surface area (Å²) in [5.41, 5.74) is 7.59. The Morgan fingerprint density at radius 2 is 0.909 bits per heavy atom. The molecule has 1 heterocycles. The van der Waals surface area contributed by atoms with Crippen molar-refractivity contribution in [2.24, 2.45) is 0 Å². The van der Waals surface area contributed by atoms with E-state index in [9.17, 15) is 0 Å². The van der Waals surface area contributed by atoms with Crippen LogP contribution in [0.15, 0.2) is 168 Å². The average molecular weight is 562 g/mol. The summed E-state index contributed by atoms with van der Waals surface area (Å²) in [6, 6.07) is 58.7. The van der Waals surface area contributed by atoms with Crippen LogP contribution in [-0.4, -0.2) is 0 Å². The standard InChI is InChI=1S/C42H27NO/c1-2-8-28(9-3-1)29-16-19-33(20-17-29)43(34-21-23-37-31(26-34)15-14-30-10-4-5-11-36(30)37)35-22-24-38-32(27-35)18-25-41-42(38)39-12-6-7-13-40(39)44-41/h1-27H. The molecule has 0 N–H and O–H groups in total. The fourth-order valence-electron chi connectivity index (χ4n) is 6.70. The van der Waals surface area contributed by atoms with Gasteiger partial charge in [-0.3, -0.25) is 0 Å². The minimum Gasteiger partial charge on any atom is -0.456 e. The minimum atomic E-state index is 0.918. The molecule has 44 heavy (non-hydrogen) atoms. The molecule has 2 heteroatoms. The molecule has 9 rings (SSSR count). The van der Waals surface area contributed by atoms with Crippen molar-refractivity contribution in [3.05, 3.63) is 164 Å². The molecule has 0 spiro atoms. The third-order valence-electron chi connectivity index (χ3n) is 8.82. The molecule has 1 aromatic heterocycles. The van der Waals surface area contributed by atoms with E-state index in [-0.39, 0.29) is 0 Å². The molecule has 0 aliphatic carbocycles. The van der Waals surface area contributed by atoms with Crippen LogP contribution in [-0.2, 0) is 0 Å². The first-order valence-electron chi connectivity index (χ1n) is 15.0. The van der Waals surface area contributed by atoms with Gasteiger partial charge in [-0.2, -0.15) is 0 Å². The van der Waals surface area contributed by atoms with Crippen LogP contribution in [0.2, 0.25) is 0 Å². The summed E-state index contributed by atoms with van der Waals surface area (Å²) in [7, 11) is 0. The smallest absolute Gasteiger partial charge is 0.136 e.